The third-order valence-electron chi connectivity index (χ3n) is 2.17. The van der Waals surface area contributed by atoms with Crippen LogP contribution in [0.15, 0.2) is 24.8 Å². The van der Waals surface area contributed by atoms with Crippen molar-refractivity contribution in [2.45, 2.75) is 18.9 Å². The van der Waals surface area contributed by atoms with Gasteiger partial charge in [-0.25, -0.2) is 4.39 Å². The van der Waals surface area contributed by atoms with Gasteiger partial charge in [0.2, 0.25) is 0 Å². The van der Waals surface area contributed by atoms with Gasteiger partial charge in [-0.05, 0) is 25.0 Å². The monoisotopic (exact) mass is 265 g/mol. The van der Waals surface area contributed by atoms with E-state index in [9.17, 15) is 9.50 Å². The van der Waals surface area contributed by atoms with Crippen LogP contribution in [-0.4, -0.2) is 5.11 Å². The van der Waals surface area contributed by atoms with Gasteiger partial charge in [0, 0.05) is 16.6 Å². The quantitative estimate of drug-likeness (QED) is 0.818. The van der Waals surface area contributed by atoms with Crippen molar-refractivity contribution < 1.29 is 9.50 Å². The molecule has 3 N–H and O–H groups in total. The molecule has 0 unspecified atom stereocenters. The number of allylic oxidation sites excluding steroid dienone is 1. The Hall–Kier alpha value is -0.770. The summed E-state index contributed by atoms with van der Waals surface area (Å²) < 4.78 is 13.1. The van der Waals surface area contributed by atoms with Crippen LogP contribution in [-0.2, 0) is 0 Å². The van der Waals surface area contributed by atoms with Gasteiger partial charge in [-0.15, -0.1) is 19.0 Å². The first-order valence-corrected chi connectivity index (χ1v) is 4.99. The minimum atomic E-state index is -0.705. The molecule has 0 aliphatic rings. The molecule has 1 aromatic carbocycles. The fourth-order valence-electron chi connectivity index (χ4n) is 1.35. The SMILES string of the molecule is C=CCC[C@H](N)c1c(Cl)ccc(F)c1O.Cl. The molecule has 0 aliphatic heterocycles. The van der Waals surface area contributed by atoms with Crippen molar-refractivity contribution in [3.8, 4) is 5.75 Å². The van der Waals surface area contributed by atoms with E-state index in [1.54, 1.807) is 6.08 Å². The number of benzene rings is 1. The number of hydrogen-bond donors (Lipinski definition) is 2. The molecule has 16 heavy (non-hydrogen) atoms. The van der Waals surface area contributed by atoms with Gasteiger partial charge in [0.15, 0.2) is 11.6 Å². The number of hydrogen-bond acceptors (Lipinski definition) is 2. The Morgan fingerprint density at radius 1 is 1.56 bits per heavy atom. The van der Waals surface area contributed by atoms with Crippen molar-refractivity contribution in [1.29, 1.82) is 0 Å². The number of nitrogens with two attached hydrogens (primary N) is 1. The van der Waals surface area contributed by atoms with Crippen LogP contribution >= 0.6 is 24.0 Å². The van der Waals surface area contributed by atoms with Crippen LogP contribution in [0.1, 0.15) is 24.4 Å². The molecule has 0 heterocycles. The van der Waals surface area contributed by atoms with Crippen LogP contribution in [0.2, 0.25) is 5.02 Å². The van der Waals surface area contributed by atoms with E-state index in [4.69, 9.17) is 17.3 Å². The molecule has 5 heteroatoms. The van der Waals surface area contributed by atoms with Gasteiger partial charge >= 0.3 is 0 Å². The highest BCUT2D eigenvalue weighted by molar-refractivity contribution is 6.31. The molecule has 1 atom stereocenters. The predicted octanol–water partition coefficient (Wildman–Crippen LogP) is 3.57. The van der Waals surface area contributed by atoms with E-state index in [0.29, 0.717) is 12.8 Å². The molecule has 0 amide bonds. The maximum atomic E-state index is 13.1. The fourth-order valence-corrected chi connectivity index (χ4v) is 1.64. The van der Waals surface area contributed by atoms with Crippen molar-refractivity contribution in [2.75, 3.05) is 0 Å². The Labute approximate surface area is 105 Å². The van der Waals surface area contributed by atoms with E-state index in [1.165, 1.54) is 6.07 Å². The lowest BCUT2D eigenvalue weighted by molar-refractivity contribution is 0.419. The van der Waals surface area contributed by atoms with E-state index in [1.807, 2.05) is 0 Å². The zero-order valence-electron chi connectivity index (χ0n) is 8.62. The number of halogens is 3. The van der Waals surface area contributed by atoms with E-state index >= 15 is 0 Å². The summed E-state index contributed by atoms with van der Waals surface area (Å²) in [5, 5.41) is 9.77. The minimum absolute atomic E-state index is 0. The Kier molecular flexibility index (Phi) is 6.41. The molecule has 1 aromatic rings. The zero-order valence-corrected chi connectivity index (χ0v) is 10.2. The lowest BCUT2D eigenvalue weighted by Gasteiger charge is -2.14. The molecule has 0 aliphatic carbocycles. The van der Waals surface area contributed by atoms with Crippen LogP contribution in [0.25, 0.3) is 0 Å². The van der Waals surface area contributed by atoms with Gasteiger partial charge in [-0.2, -0.15) is 0 Å². The summed E-state index contributed by atoms with van der Waals surface area (Å²) in [6, 6.07) is 2.02. The average molecular weight is 266 g/mol. The molecule has 0 saturated carbocycles. The van der Waals surface area contributed by atoms with E-state index in [-0.39, 0.29) is 23.0 Å². The van der Waals surface area contributed by atoms with Crippen LogP contribution in [0.3, 0.4) is 0 Å². The summed E-state index contributed by atoms with van der Waals surface area (Å²) in [5.41, 5.74) is 6.06. The lowest BCUT2D eigenvalue weighted by atomic mass is 10.0. The van der Waals surface area contributed by atoms with Gasteiger partial charge < -0.3 is 10.8 Å². The van der Waals surface area contributed by atoms with Gasteiger partial charge in [-0.3, -0.25) is 0 Å². The van der Waals surface area contributed by atoms with Gasteiger partial charge in [0.1, 0.15) is 0 Å². The third kappa shape index (κ3) is 3.37. The average Bonchev–Trinajstić information content (AvgIpc) is 2.21. The summed E-state index contributed by atoms with van der Waals surface area (Å²) in [7, 11) is 0. The molecule has 0 spiro atoms. The topological polar surface area (TPSA) is 46.2 Å². The van der Waals surface area contributed by atoms with E-state index < -0.39 is 17.6 Å². The fraction of sp³-hybridized carbons (Fsp3) is 0.273. The standard InChI is InChI=1S/C11H13ClFNO.ClH/c1-2-3-4-9(14)10-7(12)5-6-8(13)11(10)15;/h2,5-6,9,15H,1,3-4,14H2;1H/t9-;/m0./s1. The van der Waals surface area contributed by atoms with Crippen molar-refractivity contribution in [3.63, 3.8) is 0 Å². The minimum Gasteiger partial charge on any atom is -0.505 e. The summed E-state index contributed by atoms with van der Waals surface area (Å²) in [6.07, 6.45) is 2.97. The molecular weight excluding hydrogens is 252 g/mol. The molecule has 1 rings (SSSR count). The van der Waals surface area contributed by atoms with E-state index in [2.05, 4.69) is 6.58 Å². The molecule has 2 nitrogen and oxygen atoms in total. The maximum Gasteiger partial charge on any atom is 0.165 e. The molecule has 0 fully saturated rings. The first-order valence-electron chi connectivity index (χ1n) is 4.61. The molecule has 90 valence electrons. The van der Waals surface area contributed by atoms with Crippen LogP contribution in [0.5, 0.6) is 5.75 Å². The Balaban J connectivity index is 0.00000225. The van der Waals surface area contributed by atoms with Crippen molar-refractivity contribution in [1.82, 2.24) is 0 Å². The largest absolute Gasteiger partial charge is 0.505 e. The second-order valence-electron chi connectivity index (χ2n) is 3.26. The van der Waals surface area contributed by atoms with Crippen LogP contribution < -0.4 is 5.73 Å². The summed E-state index contributed by atoms with van der Waals surface area (Å²) in [5.74, 6) is -1.16. The Bertz CT molecular complexity index is 371. The normalized spacial score (nSPS) is 11.7. The summed E-state index contributed by atoms with van der Waals surface area (Å²) in [6.45, 7) is 3.56. The van der Waals surface area contributed by atoms with E-state index in [0.717, 1.165) is 6.07 Å². The predicted molar refractivity (Wildman–Crippen MR) is 66.7 cm³/mol. The van der Waals surface area contributed by atoms with Crippen LogP contribution in [0.4, 0.5) is 4.39 Å². The lowest BCUT2D eigenvalue weighted by Crippen LogP contribution is -2.11. The number of aromatic hydroxyl groups is 1. The molecule has 0 bridgehead atoms. The molecule has 0 aromatic heterocycles. The highest BCUT2D eigenvalue weighted by atomic mass is 35.5. The summed E-state index contributed by atoms with van der Waals surface area (Å²) in [4.78, 5) is 0. The highest BCUT2D eigenvalue weighted by Crippen LogP contribution is 2.34. The maximum absolute atomic E-state index is 13.1. The van der Waals surface area contributed by atoms with Gasteiger partial charge in [-0.1, -0.05) is 17.7 Å². The van der Waals surface area contributed by atoms with Crippen molar-refractivity contribution >= 4 is 24.0 Å². The van der Waals surface area contributed by atoms with Gasteiger partial charge in [0.05, 0.1) is 0 Å². The first kappa shape index (κ1) is 15.2. The number of rotatable bonds is 4. The summed E-state index contributed by atoms with van der Waals surface area (Å²) >= 11 is 5.84. The second-order valence-corrected chi connectivity index (χ2v) is 3.67. The number of phenols is 1. The smallest absolute Gasteiger partial charge is 0.165 e. The van der Waals surface area contributed by atoms with Crippen molar-refractivity contribution in [3.05, 3.63) is 41.2 Å². The zero-order chi connectivity index (χ0) is 11.4. The Morgan fingerprint density at radius 2 is 2.19 bits per heavy atom. The number of phenolic OH excluding ortho intramolecular Hbond substituents is 1. The Morgan fingerprint density at radius 3 is 2.75 bits per heavy atom. The second kappa shape index (κ2) is 6.74. The third-order valence-corrected chi connectivity index (χ3v) is 2.50. The van der Waals surface area contributed by atoms with Crippen molar-refractivity contribution in [2.24, 2.45) is 5.73 Å². The highest BCUT2D eigenvalue weighted by Gasteiger charge is 2.17. The first-order chi connectivity index (χ1) is 7.07. The molecule has 0 saturated heterocycles. The van der Waals surface area contributed by atoms with Gasteiger partial charge in [0.25, 0.3) is 0 Å². The molecule has 0 radical (unpaired) electrons. The van der Waals surface area contributed by atoms with Crippen LogP contribution in [0, 0.1) is 5.82 Å². The molecular formula is C11H14Cl2FNO.